The second kappa shape index (κ2) is 10.9. The van der Waals surface area contributed by atoms with E-state index in [1.165, 1.54) is 6.07 Å². The number of aryl methyl sites for hydroxylation is 1. The first-order valence-electron chi connectivity index (χ1n) is 9.57. The zero-order valence-corrected chi connectivity index (χ0v) is 19.7. The van der Waals surface area contributed by atoms with Crippen molar-refractivity contribution in [1.29, 1.82) is 0 Å². The number of nitrogens with one attached hydrogen (secondary N) is 1. The maximum absolute atomic E-state index is 13.1. The Bertz CT molecular complexity index is 915. The number of rotatable bonds is 5. The number of hydrogen-bond acceptors (Lipinski definition) is 4. The summed E-state index contributed by atoms with van der Waals surface area (Å²) in [7, 11) is 1.87. The molecule has 170 valence electrons. The molecule has 0 saturated carbocycles. The highest BCUT2D eigenvalue weighted by atomic mass is 127. The van der Waals surface area contributed by atoms with Crippen molar-refractivity contribution in [2.24, 2.45) is 12.0 Å². The molecule has 1 aromatic carbocycles. The van der Waals surface area contributed by atoms with Crippen LogP contribution in [-0.2, 0) is 24.5 Å². The molecule has 31 heavy (non-hydrogen) atoms. The van der Waals surface area contributed by atoms with Crippen LogP contribution in [0.5, 0.6) is 0 Å². The summed E-state index contributed by atoms with van der Waals surface area (Å²) < 4.78 is 46.8. The molecule has 7 nitrogen and oxygen atoms in total. The molecule has 0 amide bonds. The van der Waals surface area contributed by atoms with Gasteiger partial charge in [-0.15, -0.1) is 40.8 Å². The molecule has 1 atom stereocenters. The minimum Gasteiger partial charge on any atom is -0.370 e. The molecule has 3 rings (SSSR count). The molecule has 1 saturated heterocycles. The molecule has 0 radical (unpaired) electrons. The van der Waals surface area contributed by atoms with E-state index in [4.69, 9.17) is 4.74 Å². The van der Waals surface area contributed by atoms with Crippen molar-refractivity contribution in [2.45, 2.75) is 25.7 Å². The van der Waals surface area contributed by atoms with Gasteiger partial charge in [-0.25, -0.2) is 4.99 Å². The molecule has 0 bridgehead atoms. The number of ether oxygens (including phenoxy) is 1. The van der Waals surface area contributed by atoms with Gasteiger partial charge in [0.25, 0.3) is 0 Å². The van der Waals surface area contributed by atoms with Crippen molar-refractivity contribution in [3.63, 3.8) is 0 Å². The van der Waals surface area contributed by atoms with Crippen LogP contribution in [0, 0.1) is 6.92 Å². The molecule has 11 heteroatoms. The van der Waals surface area contributed by atoms with Crippen molar-refractivity contribution in [3.8, 4) is 0 Å². The molecule has 1 aliphatic rings. The van der Waals surface area contributed by atoms with E-state index in [0.717, 1.165) is 18.0 Å². The summed E-state index contributed by atoms with van der Waals surface area (Å²) in [5, 5.41) is 11.4. The lowest BCUT2D eigenvalue weighted by Gasteiger charge is -2.35. The van der Waals surface area contributed by atoms with E-state index in [1.807, 2.05) is 23.4 Å². The highest BCUT2D eigenvalue weighted by Crippen LogP contribution is 2.32. The van der Waals surface area contributed by atoms with Gasteiger partial charge >= 0.3 is 6.18 Å². The number of benzene rings is 1. The number of aromatic nitrogens is 3. The Labute approximate surface area is 196 Å². The normalized spacial score (nSPS) is 17.3. The first-order chi connectivity index (χ1) is 14.3. The van der Waals surface area contributed by atoms with E-state index in [-0.39, 0.29) is 24.0 Å². The van der Waals surface area contributed by atoms with E-state index < -0.39 is 17.8 Å². The first-order valence-corrected chi connectivity index (χ1v) is 9.57. The lowest BCUT2D eigenvalue weighted by molar-refractivity contribution is -0.137. The lowest BCUT2D eigenvalue weighted by atomic mass is 10.0. The topological polar surface area (TPSA) is 67.6 Å². The Kier molecular flexibility index (Phi) is 8.86. The summed E-state index contributed by atoms with van der Waals surface area (Å²) in [6.07, 6.45) is -3.17. The van der Waals surface area contributed by atoms with Gasteiger partial charge in [-0.1, -0.05) is 18.2 Å². The molecule has 1 unspecified atom stereocenters. The minimum absolute atomic E-state index is 0. The Morgan fingerprint density at radius 2 is 2.16 bits per heavy atom. The fraction of sp³-hybridized carbons (Fsp3) is 0.450. The highest BCUT2D eigenvalue weighted by Gasteiger charge is 2.32. The fourth-order valence-electron chi connectivity index (χ4n) is 3.12. The van der Waals surface area contributed by atoms with Crippen LogP contribution in [0.4, 0.5) is 13.2 Å². The van der Waals surface area contributed by atoms with Crippen molar-refractivity contribution in [3.05, 3.63) is 59.7 Å². The third-order valence-electron chi connectivity index (χ3n) is 4.91. The summed E-state index contributed by atoms with van der Waals surface area (Å²) in [6.45, 7) is 7.72. The molecule has 2 aromatic rings. The van der Waals surface area contributed by atoms with Gasteiger partial charge in [0.15, 0.2) is 11.8 Å². The van der Waals surface area contributed by atoms with Crippen LogP contribution in [0.25, 0.3) is 0 Å². The zero-order chi connectivity index (χ0) is 21.7. The predicted molar refractivity (Wildman–Crippen MR) is 122 cm³/mol. The van der Waals surface area contributed by atoms with Crippen LogP contribution < -0.4 is 5.32 Å². The van der Waals surface area contributed by atoms with Crippen LogP contribution in [0.1, 0.15) is 28.9 Å². The third-order valence-corrected chi connectivity index (χ3v) is 4.91. The maximum Gasteiger partial charge on any atom is 0.416 e. The SMILES string of the molecule is C=CCNC(=NCc1nnc(C)n1C)N1CCOC(c2cccc(C(F)(F)F)c2)C1.I. The van der Waals surface area contributed by atoms with E-state index in [0.29, 0.717) is 50.1 Å². The first kappa shape index (κ1) is 25.1. The number of alkyl halides is 3. The summed E-state index contributed by atoms with van der Waals surface area (Å²) >= 11 is 0. The number of halogens is 4. The van der Waals surface area contributed by atoms with Gasteiger partial charge in [0.2, 0.25) is 0 Å². The predicted octanol–water partition coefficient (Wildman–Crippen LogP) is 3.47. The summed E-state index contributed by atoms with van der Waals surface area (Å²) in [5.41, 5.74) is -0.196. The van der Waals surface area contributed by atoms with Crippen LogP contribution >= 0.6 is 24.0 Å². The fourth-order valence-corrected chi connectivity index (χ4v) is 3.12. The largest absolute Gasteiger partial charge is 0.416 e. The molecule has 1 aliphatic heterocycles. The second-order valence-corrected chi connectivity index (χ2v) is 6.96. The van der Waals surface area contributed by atoms with Crippen LogP contribution in [-0.4, -0.2) is 51.9 Å². The Morgan fingerprint density at radius 1 is 1.39 bits per heavy atom. The van der Waals surface area contributed by atoms with Gasteiger partial charge in [0, 0.05) is 20.1 Å². The molecule has 1 N–H and O–H groups in total. The molecule has 1 aromatic heterocycles. The molecule has 2 heterocycles. The Hall–Kier alpha value is -2.15. The number of aliphatic imine (C=N–C) groups is 1. The average molecular weight is 550 g/mol. The summed E-state index contributed by atoms with van der Waals surface area (Å²) in [6, 6.07) is 5.26. The van der Waals surface area contributed by atoms with E-state index >= 15 is 0 Å². The standard InChI is InChI=1S/C20H25F3N6O.HI/c1-4-8-24-19(25-12-18-27-26-14(2)28(18)3)29-9-10-30-17(13-29)15-6-5-7-16(11-15)20(21,22)23;/h4-7,11,17H,1,8-10,12-13H2,2-3H3,(H,24,25);1H. The van der Waals surface area contributed by atoms with Gasteiger partial charge in [0.1, 0.15) is 18.5 Å². The van der Waals surface area contributed by atoms with Crippen LogP contribution in [0.3, 0.4) is 0 Å². The van der Waals surface area contributed by atoms with Crippen molar-refractivity contribution >= 4 is 29.9 Å². The highest BCUT2D eigenvalue weighted by molar-refractivity contribution is 14.0. The van der Waals surface area contributed by atoms with Crippen molar-refractivity contribution < 1.29 is 17.9 Å². The van der Waals surface area contributed by atoms with Gasteiger partial charge in [0.05, 0.1) is 18.7 Å². The van der Waals surface area contributed by atoms with E-state index in [9.17, 15) is 13.2 Å². The van der Waals surface area contributed by atoms with Gasteiger partial charge in [-0.05, 0) is 24.6 Å². The van der Waals surface area contributed by atoms with E-state index in [2.05, 4.69) is 27.1 Å². The number of morpholine rings is 1. The zero-order valence-electron chi connectivity index (χ0n) is 17.4. The van der Waals surface area contributed by atoms with E-state index in [1.54, 1.807) is 12.1 Å². The Morgan fingerprint density at radius 3 is 2.81 bits per heavy atom. The van der Waals surface area contributed by atoms with Crippen molar-refractivity contribution in [1.82, 2.24) is 25.0 Å². The lowest BCUT2D eigenvalue weighted by Crippen LogP contribution is -2.48. The monoisotopic (exact) mass is 550 g/mol. The molecule has 1 fully saturated rings. The summed E-state index contributed by atoms with van der Waals surface area (Å²) in [5.74, 6) is 2.13. The van der Waals surface area contributed by atoms with Crippen molar-refractivity contribution in [2.75, 3.05) is 26.2 Å². The molecular weight excluding hydrogens is 524 g/mol. The van der Waals surface area contributed by atoms with Crippen LogP contribution in [0.2, 0.25) is 0 Å². The van der Waals surface area contributed by atoms with Gasteiger partial charge in [-0.3, -0.25) is 0 Å². The van der Waals surface area contributed by atoms with Gasteiger partial charge < -0.3 is 19.5 Å². The molecular formula is C20H26F3IN6O. The number of hydrogen-bond donors (Lipinski definition) is 1. The molecule has 0 aliphatic carbocycles. The maximum atomic E-state index is 13.1. The number of guanidine groups is 1. The molecule has 0 spiro atoms. The van der Waals surface area contributed by atoms with Gasteiger partial charge in [-0.2, -0.15) is 13.2 Å². The second-order valence-electron chi connectivity index (χ2n) is 6.96. The quantitative estimate of drug-likeness (QED) is 0.268. The smallest absolute Gasteiger partial charge is 0.370 e. The average Bonchev–Trinajstić information content (AvgIpc) is 3.05. The minimum atomic E-state index is -4.39. The van der Waals surface area contributed by atoms with Crippen LogP contribution in [0.15, 0.2) is 41.9 Å². The number of nitrogens with zero attached hydrogens (tertiary/aromatic N) is 5. The third kappa shape index (κ3) is 6.42. The summed E-state index contributed by atoms with van der Waals surface area (Å²) in [4.78, 5) is 6.61. The Balaban J connectivity index is 0.00000341.